The van der Waals surface area contributed by atoms with Crippen molar-refractivity contribution in [1.82, 2.24) is 14.4 Å². The maximum atomic E-state index is 12.5. The number of hydrogen-bond donors (Lipinski definition) is 0. The van der Waals surface area contributed by atoms with E-state index < -0.39 is 0 Å². The summed E-state index contributed by atoms with van der Waals surface area (Å²) in [5.41, 5.74) is 0.893. The molecule has 138 valence electrons. The van der Waals surface area contributed by atoms with Crippen molar-refractivity contribution in [3.8, 4) is 0 Å². The largest absolute Gasteiger partial charge is 0.343 e. The molecular weight excluding hydrogens is 314 g/mol. The molecule has 2 saturated heterocycles. The molecule has 2 aliphatic heterocycles. The van der Waals surface area contributed by atoms with Gasteiger partial charge in [-0.05, 0) is 64.6 Å². The molecule has 0 radical (unpaired) electrons. The van der Waals surface area contributed by atoms with Crippen LogP contribution < -0.4 is 5.56 Å². The molecule has 5 nitrogen and oxygen atoms in total. The molecule has 1 amide bonds. The highest BCUT2D eigenvalue weighted by Gasteiger charge is 2.30. The Labute approximate surface area is 150 Å². The van der Waals surface area contributed by atoms with Crippen LogP contribution in [-0.2, 0) is 11.3 Å². The van der Waals surface area contributed by atoms with E-state index in [0.29, 0.717) is 24.9 Å². The van der Waals surface area contributed by atoms with Crippen molar-refractivity contribution in [3.63, 3.8) is 0 Å². The molecule has 5 heteroatoms. The van der Waals surface area contributed by atoms with Gasteiger partial charge >= 0.3 is 0 Å². The topological polar surface area (TPSA) is 45.6 Å². The van der Waals surface area contributed by atoms with Gasteiger partial charge in [0.25, 0.3) is 5.56 Å². The number of piperidine rings is 1. The van der Waals surface area contributed by atoms with Gasteiger partial charge in [-0.3, -0.25) is 9.59 Å². The van der Waals surface area contributed by atoms with E-state index in [1.54, 1.807) is 16.7 Å². The van der Waals surface area contributed by atoms with Crippen LogP contribution in [0, 0.1) is 12.8 Å². The number of nitrogens with zero attached hydrogens (tertiary/aromatic N) is 3. The third-order valence-electron chi connectivity index (χ3n) is 6.11. The molecule has 1 aromatic heterocycles. The number of likely N-dealkylation sites (tertiary alicyclic amines) is 2. The third kappa shape index (κ3) is 4.32. The van der Waals surface area contributed by atoms with Crippen molar-refractivity contribution >= 4 is 5.91 Å². The molecule has 3 rings (SSSR count). The lowest BCUT2D eigenvalue weighted by Gasteiger charge is -2.38. The second-order valence-electron chi connectivity index (χ2n) is 7.61. The Bertz CT molecular complexity index is 641. The van der Waals surface area contributed by atoms with Crippen LogP contribution in [0.2, 0.25) is 0 Å². The highest BCUT2D eigenvalue weighted by molar-refractivity contribution is 5.76. The van der Waals surface area contributed by atoms with Crippen molar-refractivity contribution < 1.29 is 4.79 Å². The van der Waals surface area contributed by atoms with Crippen LogP contribution in [0.25, 0.3) is 0 Å². The fourth-order valence-electron chi connectivity index (χ4n) is 4.35. The number of aromatic nitrogens is 1. The lowest BCUT2D eigenvalue weighted by Crippen LogP contribution is -2.45. The van der Waals surface area contributed by atoms with Crippen LogP contribution in [0.1, 0.15) is 44.7 Å². The van der Waals surface area contributed by atoms with Crippen molar-refractivity contribution in [2.75, 3.05) is 26.2 Å². The molecule has 0 N–H and O–H groups in total. The predicted octanol–water partition coefficient (Wildman–Crippen LogP) is 2.27. The van der Waals surface area contributed by atoms with Gasteiger partial charge in [0, 0.05) is 43.9 Å². The molecule has 2 aliphatic rings. The molecule has 0 unspecified atom stereocenters. The van der Waals surface area contributed by atoms with Gasteiger partial charge in [0.1, 0.15) is 0 Å². The first-order chi connectivity index (χ1) is 12.1. The Hall–Kier alpha value is -1.62. The first kappa shape index (κ1) is 18.2. The van der Waals surface area contributed by atoms with Gasteiger partial charge < -0.3 is 14.4 Å². The van der Waals surface area contributed by atoms with Gasteiger partial charge in [0.15, 0.2) is 0 Å². The highest BCUT2D eigenvalue weighted by atomic mass is 16.2. The van der Waals surface area contributed by atoms with Crippen molar-refractivity contribution in [2.24, 2.45) is 5.92 Å². The molecule has 0 saturated carbocycles. The summed E-state index contributed by atoms with van der Waals surface area (Å²) in [4.78, 5) is 29.0. The van der Waals surface area contributed by atoms with E-state index in [2.05, 4.69) is 11.8 Å². The number of carbonyl (C=O) groups excluding carboxylic acids is 1. The van der Waals surface area contributed by atoms with Crippen molar-refractivity contribution in [3.05, 3.63) is 34.2 Å². The summed E-state index contributed by atoms with van der Waals surface area (Å²) < 4.78 is 1.69. The lowest BCUT2D eigenvalue weighted by atomic mass is 9.89. The number of aryl methyl sites for hydroxylation is 1. The SMILES string of the molecule is Cc1cccc(=O)n1CCC(=O)N1CCC([C@H](C)N2CCCC2)CC1. The third-order valence-corrected chi connectivity index (χ3v) is 6.11. The minimum Gasteiger partial charge on any atom is -0.343 e. The second-order valence-corrected chi connectivity index (χ2v) is 7.61. The van der Waals surface area contributed by atoms with Gasteiger partial charge in [0.05, 0.1) is 0 Å². The van der Waals surface area contributed by atoms with Crippen LogP contribution in [0.3, 0.4) is 0 Å². The Balaban J connectivity index is 1.47. The summed E-state index contributed by atoms with van der Waals surface area (Å²) in [5.74, 6) is 0.892. The average molecular weight is 345 g/mol. The molecule has 0 aromatic carbocycles. The van der Waals surface area contributed by atoms with E-state index in [9.17, 15) is 9.59 Å². The number of rotatable bonds is 5. The van der Waals surface area contributed by atoms with E-state index in [-0.39, 0.29) is 11.5 Å². The Kier molecular flexibility index (Phi) is 5.94. The van der Waals surface area contributed by atoms with Gasteiger partial charge in [-0.25, -0.2) is 0 Å². The normalized spacial score (nSPS) is 20.8. The van der Waals surface area contributed by atoms with E-state index >= 15 is 0 Å². The van der Waals surface area contributed by atoms with Crippen molar-refractivity contribution in [2.45, 2.75) is 58.5 Å². The van der Waals surface area contributed by atoms with Crippen LogP contribution in [0.15, 0.2) is 23.0 Å². The average Bonchev–Trinajstić information content (AvgIpc) is 3.15. The second kappa shape index (κ2) is 8.17. The molecule has 1 atom stereocenters. The highest BCUT2D eigenvalue weighted by Crippen LogP contribution is 2.26. The fraction of sp³-hybridized carbons (Fsp3) is 0.700. The molecule has 2 fully saturated rings. The first-order valence-corrected chi connectivity index (χ1v) is 9.74. The Morgan fingerprint density at radius 2 is 1.84 bits per heavy atom. The van der Waals surface area contributed by atoms with E-state index in [0.717, 1.165) is 31.6 Å². The quantitative estimate of drug-likeness (QED) is 0.822. The molecule has 0 spiro atoms. The minimum atomic E-state index is -0.0223. The zero-order chi connectivity index (χ0) is 17.8. The summed E-state index contributed by atoms with van der Waals surface area (Å²) in [6, 6.07) is 5.88. The summed E-state index contributed by atoms with van der Waals surface area (Å²) in [6.45, 7) is 8.97. The zero-order valence-electron chi connectivity index (χ0n) is 15.6. The molecule has 0 aliphatic carbocycles. The lowest BCUT2D eigenvalue weighted by molar-refractivity contribution is -0.133. The molecule has 0 bridgehead atoms. The number of pyridine rings is 1. The van der Waals surface area contributed by atoms with E-state index in [1.165, 1.54) is 25.9 Å². The molecule has 1 aromatic rings. The summed E-state index contributed by atoms with van der Waals surface area (Å²) in [7, 11) is 0. The Morgan fingerprint density at radius 3 is 2.48 bits per heavy atom. The van der Waals surface area contributed by atoms with Gasteiger partial charge in [-0.15, -0.1) is 0 Å². The number of hydrogen-bond acceptors (Lipinski definition) is 3. The van der Waals surface area contributed by atoms with Crippen molar-refractivity contribution in [1.29, 1.82) is 0 Å². The maximum Gasteiger partial charge on any atom is 0.250 e. The summed E-state index contributed by atoms with van der Waals surface area (Å²) >= 11 is 0. The summed E-state index contributed by atoms with van der Waals surface area (Å²) in [5, 5.41) is 0. The summed E-state index contributed by atoms with van der Waals surface area (Å²) in [6.07, 6.45) is 5.29. The Morgan fingerprint density at radius 1 is 1.16 bits per heavy atom. The van der Waals surface area contributed by atoms with E-state index in [1.807, 2.05) is 17.9 Å². The smallest absolute Gasteiger partial charge is 0.250 e. The minimum absolute atomic E-state index is 0.0223. The van der Waals surface area contributed by atoms with Crippen LogP contribution in [0.4, 0.5) is 0 Å². The van der Waals surface area contributed by atoms with Gasteiger partial charge in [-0.1, -0.05) is 6.07 Å². The van der Waals surface area contributed by atoms with Crippen LogP contribution in [-0.4, -0.2) is 52.5 Å². The van der Waals surface area contributed by atoms with Crippen LogP contribution >= 0.6 is 0 Å². The standard InChI is InChI=1S/C20H31N3O2/c1-16-6-5-7-20(25)23(16)15-10-19(24)22-13-8-18(9-14-22)17(2)21-11-3-4-12-21/h5-7,17-18H,3-4,8-15H2,1-2H3/t17-/m0/s1. The molecule has 3 heterocycles. The fourth-order valence-corrected chi connectivity index (χ4v) is 4.35. The predicted molar refractivity (Wildman–Crippen MR) is 99.6 cm³/mol. The van der Waals surface area contributed by atoms with Crippen LogP contribution in [0.5, 0.6) is 0 Å². The van der Waals surface area contributed by atoms with Gasteiger partial charge in [-0.2, -0.15) is 0 Å². The first-order valence-electron chi connectivity index (χ1n) is 9.74. The van der Waals surface area contributed by atoms with E-state index in [4.69, 9.17) is 0 Å². The monoisotopic (exact) mass is 345 g/mol. The molecular formula is C20H31N3O2. The maximum absolute atomic E-state index is 12.5. The van der Waals surface area contributed by atoms with Gasteiger partial charge in [0.2, 0.25) is 5.91 Å². The zero-order valence-corrected chi connectivity index (χ0v) is 15.6. The molecule has 25 heavy (non-hydrogen) atoms. The number of carbonyl (C=O) groups is 1. The number of amides is 1.